The van der Waals surface area contributed by atoms with Gasteiger partial charge in [-0.3, -0.25) is 9.59 Å². The molecule has 1 saturated heterocycles. The topological polar surface area (TPSA) is 66.8 Å². The van der Waals surface area contributed by atoms with E-state index in [1.807, 2.05) is 13.0 Å². The van der Waals surface area contributed by atoms with Gasteiger partial charge in [0, 0.05) is 18.8 Å². The number of hydrogen-bond donors (Lipinski definition) is 1. The summed E-state index contributed by atoms with van der Waals surface area (Å²) in [4.78, 5) is 25.5. The van der Waals surface area contributed by atoms with Crippen LogP contribution in [0.3, 0.4) is 0 Å². The van der Waals surface area contributed by atoms with Crippen LogP contribution in [0.5, 0.6) is 0 Å². The van der Waals surface area contributed by atoms with Crippen LogP contribution in [-0.4, -0.2) is 36.2 Å². The second-order valence-corrected chi connectivity index (χ2v) is 5.46. The van der Waals surface area contributed by atoms with E-state index in [1.54, 1.807) is 23.1 Å². The highest BCUT2D eigenvalue weighted by Crippen LogP contribution is 2.37. The summed E-state index contributed by atoms with van der Waals surface area (Å²) < 4.78 is 5.51. The van der Waals surface area contributed by atoms with E-state index >= 15 is 0 Å². The van der Waals surface area contributed by atoms with Crippen LogP contribution in [0.15, 0.2) is 24.3 Å². The molecule has 0 aliphatic carbocycles. The number of benzene rings is 1. The molecule has 1 amide bonds. The lowest BCUT2D eigenvalue weighted by Crippen LogP contribution is -2.41. The van der Waals surface area contributed by atoms with E-state index in [4.69, 9.17) is 4.74 Å². The summed E-state index contributed by atoms with van der Waals surface area (Å²) in [5.74, 6) is -1.48. The minimum Gasteiger partial charge on any atom is -0.481 e. The number of carbonyl (C=O) groups excluding carboxylic acids is 1. The Bertz CT molecular complexity index is 557. The molecule has 0 radical (unpaired) electrons. The number of anilines is 1. The van der Waals surface area contributed by atoms with Gasteiger partial charge in [0.25, 0.3) is 5.91 Å². The Kier molecular flexibility index (Phi) is 3.22. The summed E-state index contributed by atoms with van der Waals surface area (Å²) in [6.07, 6.45) is 0.421. The Morgan fingerprint density at radius 1 is 1.35 bits per heavy atom. The highest BCUT2D eigenvalue weighted by Gasteiger charge is 2.41. The van der Waals surface area contributed by atoms with Crippen molar-refractivity contribution in [1.82, 2.24) is 0 Å². The number of fused-ring (bicyclic) bond motifs is 1. The van der Waals surface area contributed by atoms with Crippen molar-refractivity contribution >= 4 is 17.6 Å². The van der Waals surface area contributed by atoms with Gasteiger partial charge in [-0.15, -0.1) is 0 Å². The van der Waals surface area contributed by atoms with Crippen molar-refractivity contribution in [2.45, 2.75) is 25.4 Å². The van der Waals surface area contributed by atoms with Gasteiger partial charge in [-0.1, -0.05) is 25.1 Å². The first-order valence-corrected chi connectivity index (χ1v) is 6.84. The van der Waals surface area contributed by atoms with Gasteiger partial charge in [0.2, 0.25) is 0 Å². The first kappa shape index (κ1) is 13.1. The predicted molar refractivity (Wildman–Crippen MR) is 72.7 cm³/mol. The van der Waals surface area contributed by atoms with Gasteiger partial charge >= 0.3 is 5.97 Å². The maximum atomic E-state index is 12.6. The van der Waals surface area contributed by atoms with Crippen LogP contribution in [0, 0.1) is 5.92 Å². The van der Waals surface area contributed by atoms with Gasteiger partial charge in [0.05, 0.1) is 0 Å². The molecule has 1 fully saturated rings. The molecule has 3 atom stereocenters. The third-order valence-electron chi connectivity index (χ3n) is 4.16. The summed E-state index contributed by atoms with van der Waals surface area (Å²) in [6.45, 7) is 2.78. The van der Waals surface area contributed by atoms with E-state index in [0.717, 1.165) is 6.42 Å². The molecule has 2 aliphatic rings. The molecule has 5 nitrogen and oxygen atoms in total. The van der Waals surface area contributed by atoms with Gasteiger partial charge in [0.15, 0.2) is 0 Å². The third kappa shape index (κ3) is 1.98. The number of ether oxygens (including phenoxy) is 1. The fraction of sp³-hybridized carbons (Fsp3) is 0.467. The lowest BCUT2D eigenvalue weighted by atomic mass is 10.0. The molecule has 1 N–H and O–H groups in total. The number of rotatable bonds is 2. The normalized spacial score (nSPS) is 28.4. The number of carboxylic acids is 1. The zero-order valence-corrected chi connectivity index (χ0v) is 11.3. The first-order chi connectivity index (χ1) is 9.59. The average molecular weight is 275 g/mol. The number of hydrogen-bond acceptors (Lipinski definition) is 3. The third-order valence-corrected chi connectivity index (χ3v) is 4.16. The molecule has 0 aromatic heterocycles. The van der Waals surface area contributed by atoms with Crippen molar-refractivity contribution in [3.05, 3.63) is 29.8 Å². The van der Waals surface area contributed by atoms with E-state index in [0.29, 0.717) is 17.9 Å². The van der Waals surface area contributed by atoms with Crippen molar-refractivity contribution in [1.29, 1.82) is 0 Å². The van der Waals surface area contributed by atoms with E-state index in [9.17, 15) is 14.7 Å². The maximum Gasteiger partial charge on any atom is 0.312 e. The van der Waals surface area contributed by atoms with Gasteiger partial charge in [-0.05, 0) is 24.0 Å². The predicted octanol–water partition coefficient (Wildman–Crippen LogP) is 1.63. The van der Waals surface area contributed by atoms with E-state index in [-0.39, 0.29) is 18.4 Å². The smallest absolute Gasteiger partial charge is 0.312 e. The van der Waals surface area contributed by atoms with Crippen LogP contribution < -0.4 is 4.90 Å². The minimum atomic E-state index is -0.895. The van der Waals surface area contributed by atoms with Gasteiger partial charge in [0.1, 0.15) is 12.0 Å². The van der Waals surface area contributed by atoms with E-state index in [1.165, 1.54) is 0 Å². The maximum absolute atomic E-state index is 12.6. The molecular weight excluding hydrogens is 258 g/mol. The molecule has 2 aliphatic heterocycles. The standard InChI is InChI=1S/C15H17NO4/c1-9-6-7-20-13(9)14(17)16-8-11(15(18)19)10-4-2-3-5-12(10)16/h2-5,9,11,13H,6-8H2,1H3,(H,18,19). The Hall–Kier alpha value is -1.88. The summed E-state index contributed by atoms with van der Waals surface area (Å²) in [5, 5.41) is 9.31. The summed E-state index contributed by atoms with van der Waals surface area (Å²) in [6, 6.07) is 7.20. The fourth-order valence-corrected chi connectivity index (χ4v) is 2.99. The first-order valence-electron chi connectivity index (χ1n) is 6.84. The number of amides is 1. The largest absolute Gasteiger partial charge is 0.481 e. The van der Waals surface area contributed by atoms with Crippen LogP contribution in [-0.2, 0) is 14.3 Å². The zero-order chi connectivity index (χ0) is 14.3. The lowest BCUT2D eigenvalue weighted by molar-refractivity contribution is -0.138. The molecule has 3 unspecified atom stereocenters. The minimum absolute atomic E-state index is 0.119. The van der Waals surface area contributed by atoms with Gasteiger partial charge < -0.3 is 14.7 Å². The number of nitrogens with zero attached hydrogens (tertiary/aromatic N) is 1. The van der Waals surface area contributed by atoms with Crippen LogP contribution in [0.4, 0.5) is 5.69 Å². The molecule has 20 heavy (non-hydrogen) atoms. The number of carboxylic acid groups (broad SMARTS) is 1. The van der Waals surface area contributed by atoms with Gasteiger partial charge in [-0.2, -0.15) is 0 Å². The van der Waals surface area contributed by atoms with Crippen LogP contribution in [0.2, 0.25) is 0 Å². The van der Waals surface area contributed by atoms with Crippen molar-refractivity contribution < 1.29 is 19.4 Å². The van der Waals surface area contributed by atoms with Gasteiger partial charge in [-0.25, -0.2) is 0 Å². The fourth-order valence-electron chi connectivity index (χ4n) is 2.99. The summed E-state index contributed by atoms with van der Waals surface area (Å²) in [5.41, 5.74) is 1.41. The Morgan fingerprint density at radius 2 is 2.10 bits per heavy atom. The second-order valence-electron chi connectivity index (χ2n) is 5.46. The van der Waals surface area contributed by atoms with Crippen LogP contribution >= 0.6 is 0 Å². The zero-order valence-electron chi connectivity index (χ0n) is 11.3. The van der Waals surface area contributed by atoms with Crippen molar-refractivity contribution in [3.8, 4) is 0 Å². The molecule has 5 heteroatoms. The Labute approximate surface area is 117 Å². The molecule has 1 aromatic carbocycles. The SMILES string of the molecule is CC1CCOC1C(=O)N1CC(C(=O)O)c2ccccc21. The number of aliphatic carboxylic acids is 1. The van der Waals surface area contributed by atoms with Crippen LogP contribution in [0.25, 0.3) is 0 Å². The van der Waals surface area contributed by atoms with Crippen LogP contribution in [0.1, 0.15) is 24.8 Å². The van der Waals surface area contributed by atoms with Crippen molar-refractivity contribution in [2.75, 3.05) is 18.1 Å². The highest BCUT2D eigenvalue weighted by molar-refractivity contribution is 6.01. The second kappa shape index (κ2) is 4.90. The molecule has 106 valence electrons. The Morgan fingerprint density at radius 3 is 2.75 bits per heavy atom. The quantitative estimate of drug-likeness (QED) is 0.890. The van der Waals surface area contributed by atoms with Crippen molar-refractivity contribution in [3.63, 3.8) is 0 Å². The van der Waals surface area contributed by atoms with E-state index in [2.05, 4.69) is 0 Å². The number of para-hydroxylation sites is 1. The Balaban J connectivity index is 1.92. The average Bonchev–Trinajstić information content (AvgIpc) is 3.01. The monoisotopic (exact) mass is 275 g/mol. The molecule has 3 rings (SSSR count). The summed E-state index contributed by atoms with van der Waals surface area (Å²) >= 11 is 0. The van der Waals surface area contributed by atoms with Crippen molar-refractivity contribution in [2.24, 2.45) is 5.92 Å². The molecule has 0 bridgehead atoms. The number of carbonyl (C=O) groups is 2. The molecule has 2 heterocycles. The van der Waals surface area contributed by atoms with E-state index < -0.39 is 18.0 Å². The lowest BCUT2D eigenvalue weighted by Gasteiger charge is -2.23. The summed E-state index contributed by atoms with van der Waals surface area (Å²) in [7, 11) is 0. The molecular formula is C15H17NO4. The molecule has 0 saturated carbocycles. The highest BCUT2D eigenvalue weighted by atomic mass is 16.5. The molecule has 0 spiro atoms. The molecule has 1 aromatic rings.